The Hall–Kier alpha value is -1.70. The molecule has 2 aromatic rings. The van der Waals surface area contributed by atoms with Crippen molar-refractivity contribution < 1.29 is 4.57 Å². The van der Waals surface area contributed by atoms with Crippen LogP contribution in [-0.2, 0) is 6.54 Å². The molecule has 23 heavy (non-hydrogen) atoms. The molecule has 0 bridgehead atoms. The van der Waals surface area contributed by atoms with Crippen LogP contribution < -0.4 is 4.57 Å². The van der Waals surface area contributed by atoms with Gasteiger partial charge in [0.1, 0.15) is 6.54 Å². The Labute approximate surface area is 141 Å². The van der Waals surface area contributed by atoms with Crippen LogP contribution >= 0.6 is 0 Å². The van der Waals surface area contributed by atoms with Gasteiger partial charge in [0.05, 0.1) is 0 Å². The van der Waals surface area contributed by atoms with Gasteiger partial charge < -0.3 is 0 Å². The summed E-state index contributed by atoms with van der Waals surface area (Å²) in [6.45, 7) is 3.41. The Morgan fingerprint density at radius 2 is 1.22 bits per heavy atom. The number of unbranched alkanes of at least 4 members (excludes halogenated alkanes) is 8. The quantitative estimate of drug-likeness (QED) is 0.392. The number of nitrogens with zero attached hydrogens (tertiary/aromatic N) is 2. The SMILES string of the molecule is CCCCCCCCCCC[n+]1ccc(-c2ccncc2)cc1. The lowest BCUT2D eigenvalue weighted by atomic mass is 10.1. The highest BCUT2D eigenvalue weighted by atomic mass is 14.9. The van der Waals surface area contributed by atoms with Crippen LogP contribution in [0.1, 0.15) is 64.7 Å². The van der Waals surface area contributed by atoms with Crippen LogP contribution in [0.2, 0.25) is 0 Å². The van der Waals surface area contributed by atoms with E-state index in [1.54, 1.807) is 0 Å². The first-order valence-electron chi connectivity index (χ1n) is 9.29. The minimum Gasteiger partial charge on any atom is -0.265 e. The zero-order valence-corrected chi connectivity index (χ0v) is 14.6. The molecule has 0 saturated carbocycles. The van der Waals surface area contributed by atoms with Gasteiger partial charge >= 0.3 is 0 Å². The van der Waals surface area contributed by atoms with E-state index >= 15 is 0 Å². The first-order chi connectivity index (χ1) is 11.4. The van der Waals surface area contributed by atoms with E-state index in [2.05, 4.69) is 53.1 Å². The molecule has 0 atom stereocenters. The van der Waals surface area contributed by atoms with Gasteiger partial charge in [0, 0.05) is 30.9 Å². The average molecular weight is 311 g/mol. The van der Waals surface area contributed by atoms with E-state index in [1.807, 2.05) is 12.4 Å². The molecule has 124 valence electrons. The van der Waals surface area contributed by atoms with Crippen LogP contribution in [0.4, 0.5) is 0 Å². The maximum Gasteiger partial charge on any atom is 0.169 e. The Kier molecular flexibility index (Phi) is 8.39. The van der Waals surface area contributed by atoms with Crippen LogP contribution in [0.5, 0.6) is 0 Å². The predicted molar refractivity (Wildman–Crippen MR) is 97.1 cm³/mol. The molecule has 0 N–H and O–H groups in total. The van der Waals surface area contributed by atoms with Gasteiger partial charge in [0.2, 0.25) is 0 Å². The normalized spacial score (nSPS) is 10.8. The molecule has 2 aromatic heterocycles. The number of pyridine rings is 2. The highest BCUT2D eigenvalue weighted by Crippen LogP contribution is 2.15. The molecule has 2 heterocycles. The summed E-state index contributed by atoms with van der Waals surface area (Å²) in [7, 11) is 0. The molecule has 0 aromatic carbocycles. The van der Waals surface area contributed by atoms with Crippen molar-refractivity contribution in [3.8, 4) is 11.1 Å². The van der Waals surface area contributed by atoms with Gasteiger partial charge in [-0.2, -0.15) is 0 Å². The molecule has 0 unspecified atom stereocenters. The van der Waals surface area contributed by atoms with E-state index in [9.17, 15) is 0 Å². The second-order valence-corrected chi connectivity index (χ2v) is 6.39. The molecule has 2 nitrogen and oxygen atoms in total. The third kappa shape index (κ3) is 6.94. The predicted octanol–water partition coefficient (Wildman–Crippen LogP) is 5.57. The Balaban J connectivity index is 1.60. The second-order valence-electron chi connectivity index (χ2n) is 6.39. The fourth-order valence-corrected chi connectivity index (χ4v) is 2.95. The number of hydrogen-bond donors (Lipinski definition) is 0. The number of rotatable bonds is 11. The number of aryl methyl sites for hydroxylation is 1. The van der Waals surface area contributed by atoms with Crippen LogP contribution in [-0.4, -0.2) is 4.98 Å². The Morgan fingerprint density at radius 3 is 1.83 bits per heavy atom. The Morgan fingerprint density at radius 1 is 0.696 bits per heavy atom. The summed E-state index contributed by atoms with van der Waals surface area (Å²) in [5.74, 6) is 0. The topological polar surface area (TPSA) is 16.8 Å². The largest absolute Gasteiger partial charge is 0.265 e. The van der Waals surface area contributed by atoms with E-state index < -0.39 is 0 Å². The maximum atomic E-state index is 4.07. The summed E-state index contributed by atoms with van der Waals surface area (Å²) in [6, 6.07) is 8.51. The monoisotopic (exact) mass is 311 g/mol. The fraction of sp³-hybridized carbons (Fsp3) is 0.524. The second kappa shape index (κ2) is 10.9. The molecule has 0 aliphatic heterocycles. The molecule has 2 rings (SSSR count). The van der Waals surface area contributed by atoms with Crippen molar-refractivity contribution in [2.45, 2.75) is 71.3 Å². The molecule has 0 amide bonds. The van der Waals surface area contributed by atoms with Crippen molar-refractivity contribution in [2.75, 3.05) is 0 Å². The van der Waals surface area contributed by atoms with Gasteiger partial charge in [-0.05, 0) is 29.7 Å². The van der Waals surface area contributed by atoms with Crippen molar-refractivity contribution in [3.63, 3.8) is 0 Å². The van der Waals surface area contributed by atoms with Crippen molar-refractivity contribution >= 4 is 0 Å². The van der Waals surface area contributed by atoms with E-state index in [0.29, 0.717) is 0 Å². The molecule has 0 aliphatic rings. The first kappa shape index (κ1) is 17.7. The Bertz CT molecular complexity index is 519. The zero-order valence-electron chi connectivity index (χ0n) is 14.6. The van der Waals surface area contributed by atoms with Crippen molar-refractivity contribution in [3.05, 3.63) is 49.1 Å². The number of aromatic nitrogens is 2. The molecule has 0 saturated heterocycles. The molecular formula is C21H31N2+. The third-order valence-electron chi connectivity index (χ3n) is 4.42. The van der Waals surface area contributed by atoms with Crippen molar-refractivity contribution in [1.82, 2.24) is 4.98 Å². The summed E-state index contributed by atoms with van der Waals surface area (Å²) in [6.07, 6.45) is 20.6. The zero-order chi connectivity index (χ0) is 16.2. The summed E-state index contributed by atoms with van der Waals surface area (Å²) in [5.41, 5.74) is 2.49. The summed E-state index contributed by atoms with van der Waals surface area (Å²) in [5, 5.41) is 0. The van der Waals surface area contributed by atoms with Crippen molar-refractivity contribution in [2.24, 2.45) is 0 Å². The third-order valence-corrected chi connectivity index (χ3v) is 4.42. The smallest absolute Gasteiger partial charge is 0.169 e. The summed E-state index contributed by atoms with van der Waals surface area (Å²) in [4.78, 5) is 4.07. The molecular weight excluding hydrogens is 280 g/mol. The minimum absolute atomic E-state index is 1.13. The van der Waals surface area contributed by atoms with Gasteiger partial charge in [-0.3, -0.25) is 4.98 Å². The summed E-state index contributed by atoms with van der Waals surface area (Å²) < 4.78 is 2.30. The van der Waals surface area contributed by atoms with E-state index in [-0.39, 0.29) is 0 Å². The highest BCUT2D eigenvalue weighted by molar-refractivity contribution is 5.61. The number of hydrogen-bond acceptors (Lipinski definition) is 1. The lowest BCUT2D eigenvalue weighted by Crippen LogP contribution is -2.32. The van der Waals surface area contributed by atoms with E-state index in [0.717, 1.165) is 6.54 Å². The lowest BCUT2D eigenvalue weighted by molar-refractivity contribution is -0.697. The molecule has 0 radical (unpaired) electrons. The highest BCUT2D eigenvalue weighted by Gasteiger charge is 2.02. The van der Waals surface area contributed by atoms with Crippen LogP contribution in [0.15, 0.2) is 49.1 Å². The van der Waals surface area contributed by atoms with Gasteiger partial charge in [0.15, 0.2) is 12.4 Å². The molecule has 0 aliphatic carbocycles. The van der Waals surface area contributed by atoms with Gasteiger partial charge in [0.25, 0.3) is 0 Å². The lowest BCUT2D eigenvalue weighted by Gasteiger charge is -2.02. The first-order valence-corrected chi connectivity index (χ1v) is 9.29. The van der Waals surface area contributed by atoms with Gasteiger partial charge in [-0.15, -0.1) is 0 Å². The van der Waals surface area contributed by atoms with Crippen molar-refractivity contribution in [1.29, 1.82) is 0 Å². The molecule has 0 spiro atoms. The maximum absolute atomic E-state index is 4.07. The molecule has 0 fully saturated rings. The van der Waals surface area contributed by atoms with E-state index in [4.69, 9.17) is 0 Å². The minimum atomic E-state index is 1.13. The van der Waals surface area contributed by atoms with Crippen LogP contribution in [0.25, 0.3) is 11.1 Å². The molecule has 2 heteroatoms. The average Bonchev–Trinajstić information content (AvgIpc) is 2.62. The van der Waals surface area contributed by atoms with Gasteiger partial charge in [-0.1, -0.05) is 51.9 Å². The van der Waals surface area contributed by atoms with Gasteiger partial charge in [-0.25, -0.2) is 4.57 Å². The van der Waals surface area contributed by atoms with Crippen LogP contribution in [0, 0.1) is 0 Å². The fourth-order valence-electron chi connectivity index (χ4n) is 2.95. The van der Waals surface area contributed by atoms with E-state index in [1.165, 1.54) is 68.9 Å². The summed E-state index contributed by atoms with van der Waals surface area (Å²) >= 11 is 0. The van der Waals surface area contributed by atoms with Crippen LogP contribution in [0.3, 0.4) is 0 Å². The standard InChI is InChI=1S/C21H31N2/c1-2-3-4-5-6-7-8-9-10-17-23-18-13-21(14-19-23)20-11-15-22-16-12-20/h11-16,18-19H,2-10,17H2,1H3/q+1.